The number of morpholine rings is 1. The minimum absolute atomic E-state index is 0.0848. The molecule has 0 radical (unpaired) electrons. The zero-order valence-corrected chi connectivity index (χ0v) is 18.5. The Labute approximate surface area is 188 Å². The van der Waals surface area contributed by atoms with Crippen molar-refractivity contribution in [3.8, 4) is 0 Å². The van der Waals surface area contributed by atoms with E-state index in [9.17, 15) is 18.0 Å². The number of aliphatic carboxylic acids is 1. The summed E-state index contributed by atoms with van der Waals surface area (Å²) in [7, 11) is 3.59. The summed E-state index contributed by atoms with van der Waals surface area (Å²) in [6, 6.07) is 4.23. The van der Waals surface area contributed by atoms with Crippen LogP contribution in [0.1, 0.15) is 24.6 Å². The Bertz CT molecular complexity index is 966. The number of hydrogen-bond acceptors (Lipinski definition) is 6. The van der Waals surface area contributed by atoms with Crippen molar-refractivity contribution >= 4 is 23.3 Å². The third-order valence-corrected chi connectivity index (χ3v) is 5.46. The Hall–Kier alpha value is -3.09. The molecule has 4 rings (SSSR count). The van der Waals surface area contributed by atoms with Crippen molar-refractivity contribution in [2.75, 3.05) is 58.4 Å². The second-order valence-electron chi connectivity index (χ2n) is 8.00. The largest absolute Gasteiger partial charge is 0.490 e. The van der Waals surface area contributed by atoms with Gasteiger partial charge in [0.15, 0.2) is 11.5 Å². The first kappa shape index (κ1) is 24.6. The molecular formula is C20H27F3N6O4. The fourth-order valence-electron chi connectivity index (χ4n) is 3.68. The van der Waals surface area contributed by atoms with Gasteiger partial charge in [-0.15, -0.1) is 0 Å². The molecule has 2 aliphatic rings. The van der Waals surface area contributed by atoms with Gasteiger partial charge in [-0.2, -0.15) is 18.3 Å². The number of anilines is 1. The molecule has 2 amide bonds. The van der Waals surface area contributed by atoms with Crippen LogP contribution in [0.2, 0.25) is 0 Å². The van der Waals surface area contributed by atoms with Gasteiger partial charge >= 0.3 is 18.2 Å². The molecule has 2 aliphatic heterocycles. The van der Waals surface area contributed by atoms with E-state index in [0.717, 1.165) is 69.4 Å². The summed E-state index contributed by atoms with van der Waals surface area (Å²) in [6.45, 7) is 4.87. The summed E-state index contributed by atoms with van der Waals surface area (Å²) in [5, 5.41) is 11.9. The summed E-state index contributed by atoms with van der Waals surface area (Å²) in [4.78, 5) is 31.5. The normalized spacial score (nSPS) is 17.5. The maximum Gasteiger partial charge on any atom is 0.490 e. The Kier molecular flexibility index (Phi) is 7.61. The standard InChI is InChI=1S/C18H26N6O2.C2HF3O2/c1-21(2)18(25)23-7-5-14(6-8-23)17-19-16-4-3-15(13-24(16)20-17)22-9-11-26-12-10-22;3-2(4,5)1(6)7/h3-4,13-14H,5-12H2,1-2H3;(H,6,7). The Morgan fingerprint density at radius 1 is 1.12 bits per heavy atom. The highest BCUT2D eigenvalue weighted by molar-refractivity contribution is 5.74. The van der Waals surface area contributed by atoms with E-state index >= 15 is 0 Å². The van der Waals surface area contributed by atoms with Crippen LogP contribution in [0.3, 0.4) is 0 Å². The number of carboxylic acids is 1. The third kappa shape index (κ3) is 6.24. The molecule has 1 N–H and O–H groups in total. The maximum atomic E-state index is 12.1. The summed E-state index contributed by atoms with van der Waals surface area (Å²) < 4.78 is 39.0. The third-order valence-electron chi connectivity index (χ3n) is 5.46. The number of carbonyl (C=O) groups is 2. The molecule has 182 valence electrons. The first-order valence-electron chi connectivity index (χ1n) is 10.5. The zero-order valence-electron chi connectivity index (χ0n) is 18.5. The van der Waals surface area contributed by atoms with Crippen LogP contribution in [0.15, 0.2) is 18.3 Å². The fourth-order valence-corrected chi connectivity index (χ4v) is 3.68. The van der Waals surface area contributed by atoms with Crippen molar-refractivity contribution in [3.05, 3.63) is 24.2 Å². The topological polar surface area (TPSA) is 104 Å². The highest BCUT2D eigenvalue weighted by Crippen LogP contribution is 2.27. The highest BCUT2D eigenvalue weighted by Gasteiger charge is 2.38. The number of hydrogen-bond donors (Lipinski definition) is 1. The molecule has 0 atom stereocenters. The number of halogens is 3. The molecule has 2 fully saturated rings. The van der Waals surface area contributed by atoms with Gasteiger partial charge in [0.25, 0.3) is 0 Å². The van der Waals surface area contributed by atoms with Crippen molar-refractivity contribution in [2.45, 2.75) is 24.9 Å². The zero-order chi connectivity index (χ0) is 24.2. The molecule has 0 aliphatic carbocycles. The molecule has 4 heterocycles. The van der Waals surface area contributed by atoms with E-state index in [-0.39, 0.29) is 6.03 Å². The van der Waals surface area contributed by atoms with Crippen LogP contribution < -0.4 is 4.90 Å². The first-order valence-corrected chi connectivity index (χ1v) is 10.5. The number of aromatic nitrogens is 3. The van der Waals surface area contributed by atoms with Crippen LogP contribution in [0, 0.1) is 0 Å². The van der Waals surface area contributed by atoms with Gasteiger partial charge in [-0.05, 0) is 25.0 Å². The minimum atomic E-state index is -5.08. The van der Waals surface area contributed by atoms with E-state index in [1.165, 1.54) is 0 Å². The van der Waals surface area contributed by atoms with E-state index in [2.05, 4.69) is 17.2 Å². The average molecular weight is 472 g/mol. The van der Waals surface area contributed by atoms with Crippen LogP contribution in [0.25, 0.3) is 5.65 Å². The van der Waals surface area contributed by atoms with Crippen LogP contribution in [0.4, 0.5) is 23.7 Å². The van der Waals surface area contributed by atoms with Gasteiger partial charge in [0.1, 0.15) is 0 Å². The van der Waals surface area contributed by atoms with E-state index < -0.39 is 12.1 Å². The van der Waals surface area contributed by atoms with E-state index in [1.807, 2.05) is 15.5 Å². The smallest absolute Gasteiger partial charge is 0.475 e. The number of rotatable bonds is 2. The minimum Gasteiger partial charge on any atom is -0.475 e. The number of urea groups is 1. The first-order chi connectivity index (χ1) is 15.6. The molecule has 2 aromatic heterocycles. The van der Waals surface area contributed by atoms with E-state index in [1.54, 1.807) is 19.0 Å². The molecule has 2 saturated heterocycles. The summed E-state index contributed by atoms with van der Waals surface area (Å²) in [5.41, 5.74) is 2.03. The molecule has 0 spiro atoms. The number of likely N-dealkylation sites (tertiary alicyclic amines) is 1. The van der Waals surface area contributed by atoms with E-state index in [0.29, 0.717) is 5.92 Å². The SMILES string of the molecule is CN(C)C(=O)N1CCC(c2nc3ccc(N4CCOCC4)cn3n2)CC1.O=C(O)C(F)(F)F. The lowest BCUT2D eigenvalue weighted by Gasteiger charge is -2.32. The van der Waals surface area contributed by atoms with Crippen molar-refractivity contribution < 1.29 is 32.6 Å². The molecule has 0 bridgehead atoms. The molecule has 13 heteroatoms. The van der Waals surface area contributed by atoms with Crippen LogP contribution in [-0.2, 0) is 9.53 Å². The van der Waals surface area contributed by atoms with Gasteiger partial charge in [0.2, 0.25) is 0 Å². The Balaban J connectivity index is 0.000000383. The van der Waals surface area contributed by atoms with Gasteiger partial charge in [0.05, 0.1) is 25.1 Å². The molecule has 0 unspecified atom stereocenters. The second kappa shape index (κ2) is 10.2. The molecule has 0 saturated carbocycles. The number of carboxylic acid groups (broad SMARTS) is 1. The maximum absolute atomic E-state index is 12.1. The molecule has 33 heavy (non-hydrogen) atoms. The molecular weight excluding hydrogens is 445 g/mol. The fraction of sp³-hybridized carbons (Fsp3) is 0.600. The lowest BCUT2D eigenvalue weighted by Crippen LogP contribution is -2.43. The van der Waals surface area contributed by atoms with Crippen LogP contribution >= 0.6 is 0 Å². The number of amides is 2. The van der Waals surface area contributed by atoms with E-state index in [4.69, 9.17) is 24.7 Å². The number of piperidine rings is 1. The van der Waals surface area contributed by atoms with Crippen molar-refractivity contribution in [2.24, 2.45) is 0 Å². The quantitative estimate of drug-likeness (QED) is 0.714. The second-order valence-corrected chi connectivity index (χ2v) is 8.00. The summed E-state index contributed by atoms with van der Waals surface area (Å²) >= 11 is 0. The van der Waals surface area contributed by atoms with Crippen molar-refractivity contribution in [3.63, 3.8) is 0 Å². The Morgan fingerprint density at radius 2 is 1.73 bits per heavy atom. The van der Waals surface area contributed by atoms with Gasteiger partial charge in [0, 0.05) is 46.2 Å². The predicted octanol–water partition coefficient (Wildman–Crippen LogP) is 2.06. The average Bonchev–Trinajstić information content (AvgIpc) is 3.22. The van der Waals surface area contributed by atoms with Gasteiger partial charge in [-0.3, -0.25) is 0 Å². The number of pyridine rings is 1. The van der Waals surface area contributed by atoms with Crippen LogP contribution in [0.5, 0.6) is 0 Å². The number of carbonyl (C=O) groups excluding carboxylic acids is 1. The highest BCUT2D eigenvalue weighted by atomic mass is 19.4. The number of nitrogens with zero attached hydrogens (tertiary/aromatic N) is 6. The van der Waals surface area contributed by atoms with Crippen LogP contribution in [-0.4, -0.2) is 101 Å². The van der Waals surface area contributed by atoms with Gasteiger partial charge < -0.3 is 24.5 Å². The van der Waals surface area contributed by atoms with Crippen molar-refractivity contribution in [1.29, 1.82) is 0 Å². The number of ether oxygens (including phenoxy) is 1. The Morgan fingerprint density at radius 3 is 2.27 bits per heavy atom. The summed E-state index contributed by atoms with van der Waals surface area (Å²) in [6.07, 6.45) is -1.21. The lowest BCUT2D eigenvalue weighted by atomic mass is 9.96. The lowest BCUT2D eigenvalue weighted by molar-refractivity contribution is -0.192. The number of fused-ring (bicyclic) bond motifs is 1. The predicted molar refractivity (Wildman–Crippen MR) is 112 cm³/mol. The summed E-state index contributed by atoms with van der Waals surface area (Å²) in [5.74, 6) is -1.55. The van der Waals surface area contributed by atoms with Gasteiger partial charge in [-0.1, -0.05) is 0 Å². The molecule has 10 nitrogen and oxygen atoms in total. The number of alkyl halides is 3. The molecule has 2 aromatic rings. The van der Waals surface area contributed by atoms with Crippen molar-refractivity contribution in [1.82, 2.24) is 24.4 Å². The monoisotopic (exact) mass is 472 g/mol. The van der Waals surface area contributed by atoms with Gasteiger partial charge in [-0.25, -0.2) is 19.1 Å². The molecule has 0 aromatic carbocycles.